The van der Waals surface area contributed by atoms with Gasteiger partial charge in [0.15, 0.2) is 5.82 Å². The standard InChI is InChI=1S/C14H18N4O3/c1-2-12-15-13(21-16-12)9-17-4-6-18(7-5-17)14(19)11-3-8-20-10-11/h3,8,10H,2,4-7,9H2,1H3. The first-order valence-corrected chi connectivity index (χ1v) is 7.11. The Labute approximate surface area is 122 Å². The van der Waals surface area contributed by atoms with Gasteiger partial charge >= 0.3 is 0 Å². The number of carbonyl (C=O) groups excluding carboxylic acids is 1. The van der Waals surface area contributed by atoms with E-state index in [-0.39, 0.29) is 5.91 Å². The molecule has 0 saturated carbocycles. The van der Waals surface area contributed by atoms with Crippen LogP contribution in [0.4, 0.5) is 0 Å². The largest absolute Gasteiger partial charge is 0.472 e. The topological polar surface area (TPSA) is 75.6 Å². The summed E-state index contributed by atoms with van der Waals surface area (Å²) in [6.45, 7) is 5.62. The summed E-state index contributed by atoms with van der Waals surface area (Å²) in [4.78, 5) is 20.5. The molecule has 0 radical (unpaired) electrons. The van der Waals surface area contributed by atoms with Crippen molar-refractivity contribution in [3.8, 4) is 0 Å². The van der Waals surface area contributed by atoms with Gasteiger partial charge in [-0.15, -0.1) is 0 Å². The lowest BCUT2D eigenvalue weighted by Gasteiger charge is -2.33. The Morgan fingerprint density at radius 3 is 2.76 bits per heavy atom. The SMILES string of the molecule is CCc1noc(CN2CCN(C(=O)c3ccoc3)CC2)n1. The molecule has 0 bridgehead atoms. The highest BCUT2D eigenvalue weighted by atomic mass is 16.5. The average Bonchev–Trinajstić information content (AvgIpc) is 3.19. The Morgan fingerprint density at radius 1 is 1.33 bits per heavy atom. The fourth-order valence-corrected chi connectivity index (χ4v) is 2.37. The van der Waals surface area contributed by atoms with E-state index in [1.54, 1.807) is 6.07 Å². The summed E-state index contributed by atoms with van der Waals surface area (Å²) in [6, 6.07) is 1.69. The number of furan rings is 1. The number of carbonyl (C=O) groups is 1. The molecule has 1 saturated heterocycles. The van der Waals surface area contributed by atoms with E-state index in [1.807, 2.05) is 11.8 Å². The number of piperazine rings is 1. The molecule has 0 aromatic carbocycles. The quantitative estimate of drug-likeness (QED) is 0.841. The minimum atomic E-state index is 0.0226. The van der Waals surface area contributed by atoms with Crippen LogP contribution in [0.15, 0.2) is 27.5 Å². The zero-order valence-corrected chi connectivity index (χ0v) is 12.0. The second-order valence-electron chi connectivity index (χ2n) is 5.04. The van der Waals surface area contributed by atoms with Gasteiger partial charge in [0, 0.05) is 32.6 Å². The van der Waals surface area contributed by atoms with Gasteiger partial charge in [-0.25, -0.2) is 0 Å². The molecule has 2 aromatic heterocycles. The maximum absolute atomic E-state index is 12.2. The van der Waals surface area contributed by atoms with E-state index in [9.17, 15) is 4.79 Å². The van der Waals surface area contributed by atoms with Crippen LogP contribution in [-0.4, -0.2) is 52.0 Å². The van der Waals surface area contributed by atoms with Crippen LogP contribution in [0.5, 0.6) is 0 Å². The molecule has 0 aliphatic carbocycles. The maximum atomic E-state index is 12.2. The van der Waals surface area contributed by atoms with E-state index >= 15 is 0 Å². The zero-order valence-electron chi connectivity index (χ0n) is 12.0. The van der Waals surface area contributed by atoms with Gasteiger partial charge in [-0.1, -0.05) is 12.1 Å². The van der Waals surface area contributed by atoms with E-state index in [1.165, 1.54) is 12.5 Å². The highest BCUT2D eigenvalue weighted by molar-refractivity contribution is 5.93. The third kappa shape index (κ3) is 3.13. The van der Waals surface area contributed by atoms with Crippen molar-refractivity contribution in [3.63, 3.8) is 0 Å². The van der Waals surface area contributed by atoms with Crippen LogP contribution in [0.1, 0.15) is 29.0 Å². The Morgan fingerprint density at radius 2 is 2.14 bits per heavy atom. The number of aromatic nitrogens is 2. The van der Waals surface area contributed by atoms with Gasteiger partial charge in [-0.2, -0.15) is 4.98 Å². The molecule has 0 N–H and O–H groups in total. The van der Waals surface area contributed by atoms with E-state index in [4.69, 9.17) is 8.94 Å². The summed E-state index contributed by atoms with van der Waals surface area (Å²) in [6.07, 6.45) is 3.78. The Hall–Kier alpha value is -2.15. The molecule has 3 heterocycles. The Bertz CT molecular complexity index is 585. The molecule has 7 nitrogen and oxygen atoms in total. The second kappa shape index (κ2) is 6.09. The minimum Gasteiger partial charge on any atom is -0.472 e. The second-order valence-corrected chi connectivity index (χ2v) is 5.04. The molecule has 1 fully saturated rings. The van der Waals surface area contributed by atoms with E-state index in [0.29, 0.717) is 31.1 Å². The summed E-state index contributed by atoms with van der Waals surface area (Å²) < 4.78 is 10.1. The molecule has 0 atom stereocenters. The molecule has 1 amide bonds. The van der Waals surface area contributed by atoms with Gasteiger partial charge in [0.2, 0.25) is 5.89 Å². The molecule has 2 aromatic rings. The first-order valence-electron chi connectivity index (χ1n) is 7.11. The number of amides is 1. The van der Waals surface area contributed by atoms with Gasteiger partial charge in [-0.3, -0.25) is 9.69 Å². The molecule has 1 aliphatic rings. The van der Waals surface area contributed by atoms with Crippen molar-refractivity contribution < 1.29 is 13.7 Å². The highest BCUT2D eigenvalue weighted by Crippen LogP contribution is 2.11. The lowest BCUT2D eigenvalue weighted by molar-refractivity contribution is 0.0614. The lowest BCUT2D eigenvalue weighted by atomic mass is 10.2. The predicted molar refractivity (Wildman–Crippen MR) is 73.6 cm³/mol. The normalized spacial score (nSPS) is 16.3. The summed E-state index contributed by atoms with van der Waals surface area (Å²) in [5, 5.41) is 3.89. The van der Waals surface area contributed by atoms with E-state index in [2.05, 4.69) is 15.0 Å². The van der Waals surface area contributed by atoms with Crippen LogP contribution in [0.3, 0.4) is 0 Å². The predicted octanol–water partition coefficient (Wildman–Crippen LogP) is 1.18. The average molecular weight is 290 g/mol. The smallest absolute Gasteiger partial charge is 0.257 e. The Kier molecular flexibility index (Phi) is 4.01. The highest BCUT2D eigenvalue weighted by Gasteiger charge is 2.23. The molecule has 112 valence electrons. The first kappa shape index (κ1) is 13.8. The van der Waals surface area contributed by atoms with Crippen molar-refractivity contribution in [3.05, 3.63) is 35.9 Å². The first-order chi connectivity index (χ1) is 10.3. The van der Waals surface area contributed by atoms with Crippen LogP contribution in [0.25, 0.3) is 0 Å². The third-order valence-corrected chi connectivity index (χ3v) is 3.61. The number of aryl methyl sites for hydroxylation is 1. The molecule has 7 heteroatoms. The van der Waals surface area contributed by atoms with Crippen molar-refractivity contribution in [1.82, 2.24) is 19.9 Å². The molecule has 0 unspecified atom stereocenters. The van der Waals surface area contributed by atoms with Gasteiger partial charge in [0.05, 0.1) is 18.4 Å². The summed E-state index contributed by atoms with van der Waals surface area (Å²) >= 11 is 0. The molecular formula is C14H18N4O3. The third-order valence-electron chi connectivity index (χ3n) is 3.61. The van der Waals surface area contributed by atoms with Crippen LogP contribution < -0.4 is 0 Å². The van der Waals surface area contributed by atoms with Crippen molar-refractivity contribution in [2.45, 2.75) is 19.9 Å². The summed E-state index contributed by atoms with van der Waals surface area (Å²) in [7, 11) is 0. The van der Waals surface area contributed by atoms with Crippen LogP contribution in [0, 0.1) is 0 Å². The molecule has 1 aliphatic heterocycles. The fourth-order valence-electron chi connectivity index (χ4n) is 2.37. The minimum absolute atomic E-state index is 0.0226. The van der Waals surface area contributed by atoms with Crippen LogP contribution in [-0.2, 0) is 13.0 Å². The van der Waals surface area contributed by atoms with Crippen LogP contribution in [0.2, 0.25) is 0 Å². The number of hydrogen-bond donors (Lipinski definition) is 0. The molecule has 3 rings (SSSR count). The number of hydrogen-bond acceptors (Lipinski definition) is 6. The van der Waals surface area contributed by atoms with Crippen molar-refractivity contribution in [1.29, 1.82) is 0 Å². The number of rotatable bonds is 4. The molecule has 21 heavy (non-hydrogen) atoms. The Balaban J connectivity index is 1.52. The van der Waals surface area contributed by atoms with Crippen molar-refractivity contribution >= 4 is 5.91 Å². The molecule has 0 spiro atoms. The monoisotopic (exact) mass is 290 g/mol. The van der Waals surface area contributed by atoms with Crippen molar-refractivity contribution in [2.24, 2.45) is 0 Å². The fraction of sp³-hybridized carbons (Fsp3) is 0.500. The zero-order chi connectivity index (χ0) is 14.7. The number of nitrogens with zero attached hydrogens (tertiary/aromatic N) is 4. The van der Waals surface area contributed by atoms with E-state index in [0.717, 1.165) is 25.3 Å². The van der Waals surface area contributed by atoms with Gasteiger partial charge in [-0.05, 0) is 6.07 Å². The molecular weight excluding hydrogens is 272 g/mol. The summed E-state index contributed by atoms with van der Waals surface area (Å²) in [5.74, 6) is 1.40. The lowest BCUT2D eigenvalue weighted by Crippen LogP contribution is -2.48. The summed E-state index contributed by atoms with van der Waals surface area (Å²) in [5.41, 5.74) is 0.605. The van der Waals surface area contributed by atoms with Gasteiger partial charge in [0.1, 0.15) is 6.26 Å². The van der Waals surface area contributed by atoms with Gasteiger partial charge < -0.3 is 13.8 Å². The van der Waals surface area contributed by atoms with Gasteiger partial charge in [0.25, 0.3) is 5.91 Å². The van der Waals surface area contributed by atoms with Crippen molar-refractivity contribution in [2.75, 3.05) is 26.2 Å². The maximum Gasteiger partial charge on any atom is 0.257 e. The van der Waals surface area contributed by atoms with E-state index < -0.39 is 0 Å². The van der Waals surface area contributed by atoms with Crippen LogP contribution >= 0.6 is 0 Å².